The molecule has 0 saturated heterocycles. The minimum absolute atomic E-state index is 0.0171. The molecule has 0 unspecified atom stereocenters. The van der Waals surface area contributed by atoms with Crippen molar-refractivity contribution in [3.63, 3.8) is 0 Å². The van der Waals surface area contributed by atoms with Crippen LogP contribution in [0.2, 0.25) is 0 Å². The molecule has 0 spiro atoms. The number of anilines is 1. The first-order chi connectivity index (χ1) is 22.3. The largest absolute Gasteiger partial charge is 0.446 e. The maximum Gasteiger partial charge on any atom is 0.411 e. The lowest BCUT2D eigenvalue weighted by Crippen LogP contribution is -2.51. The number of fused-ring (bicyclic) bond motifs is 5. The first-order valence-electron chi connectivity index (χ1n) is 18.1. The summed E-state index contributed by atoms with van der Waals surface area (Å²) in [5, 5.41) is 2.78. The standard InChI is InChI=1S/C40H54FNO4S/c1-26(2)7-6-8-27(3)35-19-20-36-34-18-9-28-25-31(21-23-39(28,4)37(34)22-24-40(35,36)5)46-38(43)42-30-12-16-33(17-13-30)47(44,45)32-14-10-29(41)11-15-32/h9-17,26-27,31,34-37H,6-8,18-25H2,1-5H3,(H,42,43)/t27-,31+,34-,35+,36-,37-,39-,40+/m0/s1. The summed E-state index contributed by atoms with van der Waals surface area (Å²) < 4.78 is 45.0. The van der Waals surface area contributed by atoms with Crippen molar-refractivity contribution >= 4 is 21.6 Å². The van der Waals surface area contributed by atoms with Gasteiger partial charge in [-0.15, -0.1) is 0 Å². The molecular weight excluding hydrogens is 610 g/mol. The third-order valence-corrected chi connectivity index (χ3v) is 14.9. The third kappa shape index (κ3) is 6.67. The van der Waals surface area contributed by atoms with E-state index in [2.05, 4.69) is 46.0 Å². The molecule has 3 fully saturated rings. The van der Waals surface area contributed by atoms with Crippen LogP contribution < -0.4 is 5.32 Å². The number of benzene rings is 2. The van der Waals surface area contributed by atoms with Crippen LogP contribution in [0.15, 0.2) is 70.0 Å². The van der Waals surface area contributed by atoms with Crippen LogP contribution in [0.1, 0.15) is 105 Å². The predicted octanol–water partition coefficient (Wildman–Crippen LogP) is 10.6. The first-order valence-corrected chi connectivity index (χ1v) is 19.6. The number of amides is 1. The molecule has 1 N–H and O–H groups in total. The van der Waals surface area contributed by atoms with Gasteiger partial charge in [0.1, 0.15) is 11.9 Å². The fourth-order valence-corrected chi connectivity index (χ4v) is 11.8. The molecule has 8 atom stereocenters. The van der Waals surface area contributed by atoms with Crippen molar-refractivity contribution in [3.8, 4) is 0 Å². The summed E-state index contributed by atoms with van der Waals surface area (Å²) in [4.78, 5) is 13.0. The van der Waals surface area contributed by atoms with E-state index in [9.17, 15) is 17.6 Å². The van der Waals surface area contributed by atoms with Crippen molar-refractivity contribution in [2.24, 2.45) is 46.3 Å². The highest BCUT2D eigenvalue weighted by Gasteiger charge is 2.59. The van der Waals surface area contributed by atoms with Gasteiger partial charge >= 0.3 is 6.09 Å². The lowest BCUT2D eigenvalue weighted by Gasteiger charge is -2.58. The Kier molecular flexibility index (Phi) is 9.70. The van der Waals surface area contributed by atoms with Crippen molar-refractivity contribution in [1.29, 1.82) is 0 Å². The number of hydrogen-bond acceptors (Lipinski definition) is 4. The number of hydrogen-bond donors (Lipinski definition) is 1. The highest BCUT2D eigenvalue weighted by Crippen LogP contribution is 2.67. The van der Waals surface area contributed by atoms with Crippen molar-refractivity contribution in [2.75, 3.05) is 5.32 Å². The van der Waals surface area contributed by atoms with Crippen LogP contribution in [0.25, 0.3) is 0 Å². The third-order valence-electron chi connectivity index (χ3n) is 13.1. The van der Waals surface area contributed by atoms with Gasteiger partial charge in [0, 0.05) is 12.1 Å². The molecule has 0 heterocycles. The molecule has 6 rings (SSSR count). The zero-order valence-corrected chi connectivity index (χ0v) is 29.8. The number of carbonyl (C=O) groups excluding carboxylic acids is 1. The molecule has 2 aromatic carbocycles. The van der Waals surface area contributed by atoms with Gasteiger partial charge in [0.15, 0.2) is 0 Å². The Labute approximate surface area is 282 Å². The zero-order chi connectivity index (χ0) is 33.6. The number of ether oxygens (including phenoxy) is 1. The maximum absolute atomic E-state index is 13.3. The van der Waals surface area contributed by atoms with Gasteiger partial charge in [0.25, 0.3) is 0 Å². The molecule has 7 heteroatoms. The van der Waals surface area contributed by atoms with E-state index >= 15 is 0 Å². The Bertz CT molecular complexity index is 1570. The van der Waals surface area contributed by atoms with Gasteiger partial charge in [-0.1, -0.05) is 65.5 Å². The molecular formula is C40H54FNO4S. The number of rotatable bonds is 9. The minimum atomic E-state index is -3.79. The normalized spacial score (nSPS) is 32.5. The van der Waals surface area contributed by atoms with Gasteiger partial charge in [-0.3, -0.25) is 5.32 Å². The molecule has 0 aromatic heterocycles. The average molecular weight is 664 g/mol. The Balaban J connectivity index is 1.05. The topological polar surface area (TPSA) is 72.5 Å². The highest BCUT2D eigenvalue weighted by atomic mass is 32.2. The fraction of sp³-hybridized carbons (Fsp3) is 0.625. The molecule has 5 nitrogen and oxygen atoms in total. The average Bonchev–Trinajstić information content (AvgIpc) is 3.39. The number of sulfone groups is 1. The number of nitrogens with one attached hydrogen (secondary N) is 1. The number of allylic oxidation sites excluding steroid dienone is 1. The molecule has 3 saturated carbocycles. The number of halogens is 1. The van der Waals surface area contributed by atoms with Crippen LogP contribution in [0.4, 0.5) is 14.9 Å². The van der Waals surface area contributed by atoms with E-state index in [0.717, 1.165) is 73.3 Å². The van der Waals surface area contributed by atoms with E-state index in [0.29, 0.717) is 11.1 Å². The van der Waals surface area contributed by atoms with Gasteiger partial charge in [0.05, 0.1) is 9.79 Å². The van der Waals surface area contributed by atoms with Crippen LogP contribution in [0.5, 0.6) is 0 Å². The maximum atomic E-state index is 13.3. The van der Waals surface area contributed by atoms with Crippen molar-refractivity contribution < 1.29 is 22.3 Å². The van der Waals surface area contributed by atoms with Crippen LogP contribution >= 0.6 is 0 Å². The van der Waals surface area contributed by atoms with Gasteiger partial charge in [-0.25, -0.2) is 17.6 Å². The van der Waals surface area contributed by atoms with Crippen molar-refractivity contribution in [2.45, 2.75) is 121 Å². The van der Waals surface area contributed by atoms with Crippen LogP contribution in [-0.2, 0) is 14.6 Å². The van der Waals surface area contributed by atoms with E-state index in [4.69, 9.17) is 4.74 Å². The lowest BCUT2D eigenvalue weighted by molar-refractivity contribution is -0.0577. The van der Waals surface area contributed by atoms with E-state index in [-0.39, 0.29) is 21.3 Å². The van der Waals surface area contributed by atoms with Crippen molar-refractivity contribution in [3.05, 3.63) is 66.0 Å². The van der Waals surface area contributed by atoms with Gasteiger partial charge in [0.2, 0.25) is 9.84 Å². The molecule has 4 aliphatic carbocycles. The Morgan fingerprint density at radius 1 is 0.915 bits per heavy atom. The second-order valence-corrected chi connectivity index (χ2v) is 18.1. The van der Waals surface area contributed by atoms with Gasteiger partial charge in [-0.05, 0) is 140 Å². The van der Waals surface area contributed by atoms with E-state index in [1.807, 2.05) is 0 Å². The molecule has 0 bridgehead atoms. The first kappa shape index (κ1) is 34.2. The molecule has 0 aliphatic heterocycles. The van der Waals surface area contributed by atoms with E-state index < -0.39 is 21.7 Å². The van der Waals surface area contributed by atoms with Crippen molar-refractivity contribution in [1.82, 2.24) is 0 Å². The highest BCUT2D eigenvalue weighted by molar-refractivity contribution is 7.91. The quantitative estimate of drug-likeness (QED) is 0.214. The lowest BCUT2D eigenvalue weighted by atomic mass is 9.47. The molecule has 256 valence electrons. The fourth-order valence-electron chi connectivity index (χ4n) is 10.5. The van der Waals surface area contributed by atoms with Crippen LogP contribution in [-0.4, -0.2) is 20.6 Å². The summed E-state index contributed by atoms with van der Waals surface area (Å²) in [6, 6.07) is 10.7. The molecule has 2 aromatic rings. The van der Waals surface area contributed by atoms with Crippen LogP contribution in [0, 0.1) is 52.2 Å². The van der Waals surface area contributed by atoms with Crippen LogP contribution in [0.3, 0.4) is 0 Å². The van der Waals surface area contributed by atoms with E-state index in [1.54, 1.807) is 12.1 Å². The monoisotopic (exact) mass is 663 g/mol. The SMILES string of the molecule is CC(C)CCC[C@H](C)[C@H]1CC[C@H]2[C@@H]3CC=C4C[C@H](OC(=O)Nc5ccc(S(=O)(=O)c6ccc(F)cc6)cc5)CC[C@]4(C)[C@H]3CC[C@]12C. The zero-order valence-electron chi connectivity index (χ0n) is 28.9. The van der Waals surface area contributed by atoms with E-state index in [1.165, 1.54) is 74.8 Å². The summed E-state index contributed by atoms with van der Waals surface area (Å²) in [5.74, 6) is 4.29. The summed E-state index contributed by atoms with van der Waals surface area (Å²) in [5.41, 5.74) is 2.61. The molecule has 47 heavy (non-hydrogen) atoms. The summed E-state index contributed by atoms with van der Waals surface area (Å²) >= 11 is 0. The van der Waals surface area contributed by atoms with Gasteiger partial charge in [-0.2, -0.15) is 0 Å². The molecule has 4 aliphatic rings. The Morgan fingerprint density at radius 3 is 2.28 bits per heavy atom. The molecule has 1 amide bonds. The number of carbonyl (C=O) groups is 1. The Hall–Kier alpha value is -2.67. The predicted molar refractivity (Wildman–Crippen MR) is 185 cm³/mol. The minimum Gasteiger partial charge on any atom is -0.446 e. The Morgan fingerprint density at radius 2 is 1.60 bits per heavy atom. The summed E-state index contributed by atoms with van der Waals surface area (Å²) in [6.45, 7) is 12.4. The van der Waals surface area contributed by atoms with Gasteiger partial charge < -0.3 is 4.74 Å². The second kappa shape index (κ2) is 13.3. The smallest absolute Gasteiger partial charge is 0.411 e. The second-order valence-electron chi connectivity index (χ2n) is 16.2. The molecule has 0 radical (unpaired) electrons. The summed E-state index contributed by atoms with van der Waals surface area (Å²) in [7, 11) is -3.79. The summed E-state index contributed by atoms with van der Waals surface area (Å²) in [6.07, 6.45) is 15.3.